The van der Waals surface area contributed by atoms with Crippen LogP contribution in [-0.4, -0.2) is 42.6 Å². The fourth-order valence-corrected chi connectivity index (χ4v) is 1.86. The van der Waals surface area contributed by atoms with Crippen molar-refractivity contribution in [2.75, 3.05) is 17.3 Å². The molecule has 0 unspecified atom stereocenters. The van der Waals surface area contributed by atoms with E-state index >= 15 is 0 Å². The zero-order chi connectivity index (χ0) is 13.1. The molecule has 0 spiro atoms. The summed E-state index contributed by atoms with van der Waals surface area (Å²) < 4.78 is 21.9. The maximum Gasteiger partial charge on any atom is 0.241 e. The molecule has 1 atom stereocenters. The number of hydrogen-bond acceptors (Lipinski definition) is 5. The van der Waals surface area contributed by atoms with Crippen LogP contribution >= 0.6 is 0 Å². The smallest absolute Gasteiger partial charge is 0.241 e. The van der Waals surface area contributed by atoms with Crippen molar-refractivity contribution in [2.45, 2.75) is 19.4 Å². The molecule has 1 aromatic rings. The third-order valence-corrected chi connectivity index (χ3v) is 3.20. The molecule has 7 nitrogen and oxygen atoms in total. The number of anilines is 1. The van der Waals surface area contributed by atoms with Gasteiger partial charge in [-0.1, -0.05) is 0 Å². The minimum absolute atomic E-state index is 0.0988. The van der Waals surface area contributed by atoms with Crippen LogP contribution in [0.2, 0.25) is 0 Å². The van der Waals surface area contributed by atoms with Gasteiger partial charge in [-0.3, -0.25) is 9.89 Å². The fourth-order valence-electron chi connectivity index (χ4n) is 1.17. The van der Waals surface area contributed by atoms with Gasteiger partial charge in [-0.2, -0.15) is 5.10 Å². The second-order valence-electron chi connectivity index (χ2n) is 3.92. The van der Waals surface area contributed by atoms with Gasteiger partial charge in [0.05, 0.1) is 29.4 Å². The van der Waals surface area contributed by atoms with Crippen molar-refractivity contribution in [3.63, 3.8) is 0 Å². The zero-order valence-electron chi connectivity index (χ0n) is 9.73. The summed E-state index contributed by atoms with van der Waals surface area (Å²) in [6.07, 6.45) is 2.68. The SMILES string of the molecule is Cc1[nH]ncc1NC(=O)[C@@H](N)CCS(C)(=O)=O. The molecule has 0 radical (unpaired) electrons. The Hall–Kier alpha value is -1.41. The molecule has 0 aliphatic carbocycles. The van der Waals surface area contributed by atoms with Crippen molar-refractivity contribution in [2.24, 2.45) is 5.73 Å². The van der Waals surface area contributed by atoms with Crippen LogP contribution in [0.25, 0.3) is 0 Å². The predicted molar refractivity (Wildman–Crippen MR) is 64.3 cm³/mol. The van der Waals surface area contributed by atoms with Crippen molar-refractivity contribution in [1.29, 1.82) is 0 Å². The molecular weight excluding hydrogens is 244 g/mol. The molecule has 8 heteroatoms. The van der Waals surface area contributed by atoms with Gasteiger partial charge in [-0.25, -0.2) is 8.42 Å². The Morgan fingerprint density at radius 3 is 2.76 bits per heavy atom. The van der Waals surface area contributed by atoms with E-state index in [-0.39, 0.29) is 12.2 Å². The Balaban J connectivity index is 2.51. The quantitative estimate of drug-likeness (QED) is 0.654. The Morgan fingerprint density at radius 1 is 1.65 bits per heavy atom. The van der Waals surface area contributed by atoms with Crippen LogP contribution < -0.4 is 11.1 Å². The molecule has 1 aromatic heterocycles. The molecule has 0 aliphatic heterocycles. The number of amides is 1. The lowest BCUT2D eigenvalue weighted by molar-refractivity contribution is -0.117. The van der Waals surface area contributed by atoms with Crippen molar-refractivity contribution in [1.82, 2.24) is 10.2 Å². The third-order valence-electron chi connectivity index (χ3n) is 2.22. The molecule has 0 fully saturated rings. The molecule has 0 bridgehead atoms. The summed E-state index contributed by atoms with van der Waals surface area (Å²) in [5.41, 5.74) is 6.85. The van der Waals surface area contributed by atoms with Crippen molar-refractivity contribution < 1.29 is 13.2 Å². The number of carbonyl (C=O) groups excluding carboxylic acids is 1. The normalized spacial score (nSPS) is 13.4. The van der Waals surface area contributed by atoms with Gasteiger partial charge in [0.25, 0.3) is 0 Å². The highest BCUT2D eigenvalue weighted by atomic mass is 32.2. The Bertz CT molecular complexity index is 494. The number of nitrogens with zero attached hydrogens (tertiary/aromatic N) is 1. The summed E-state index contributed by atoms with van der Waals surface area (Å²) >= 11 is 0. The number of hydrogen-bond donors (Lipinski definition) is 3. The van der Waals surface area contributed by atoms with Crippen LogP contribution in [0, 0.1) is 6.92 Å². The largest absolute Gasteiger partial charge is 0.322 e. The van der Waals surface area contributed by atoms with E-state index in [0.29, 0.717) is 11.4 Å². The number of sulfone groups is 1. The maximum absolute atomic E-state index is 11.6. The highest BCUT2D eigenvalue weighted by Crippen LogP contribution is 2.09. The second-order valence-corrected chi connectivity index (χ2v) is 6.18. The molecule has 96 valence electrons. The minimum Gasteiger partial charge on any atom is -0.322 e. The summed E-state index contributed by atoms with van der Waals surface area (Å²) in [4.78, 5) is 11.6. The van der Waals surface area contributed by atoms with Gasteiger partial charge < -0.3 is 11.1 Å². The fraction of sp³-hybridized carbons (Fsp3) is 0.556. The number of rotatable bonds is 5. The number of carbonyl (C=O) groups is 1. The molecule has 0 saturated carbocycles. The summed E-state index contributed by atoms with van der Waals surface area (Å²) in [7, 11) is -3.10. The van der Waals surface area contributed by atoms with Crippen molar-refractivity contribution in [3.8, 4) is 0 Å². The molecule has 17 heavy (non-hydrogen) atoms. The van der Waals surface area contributed by atoms with Crippen molar-refractivity contribution in [3.05, 3.63) is 11.9 Å². The minimum atomic E-state index is -3.10. The van der Waals surface area contributed by atoms with Crippen LogP contribution in [0.4, 0.5) is 5.69 Å². The molecule has 1 heterocycles. The maximum atomic E-state index is 11.6. The van der Waals surface area contributed by atoms with Crippen LogP contribution in [0.5, 0.6) is 0 Å². The number of aromatic nitrogens is 2. The van der Waals surface area contributed by atoms with Crippen molar-refractivity contribution >= 4 is 21.4 Å². The van der Waals surface area contributed by atoms with Crippen LogP contribution in [0.15, 0.2) is 6.20 Å². The molecule has 4 N–H and O–H groups in total. The molecule has 1 amide bonds. The number of aromatic amines is 1. The standard InChI is InChI=1S/C9H16N4O3S/c1-6-8(5-11-13-6)12-9(14)7(10)3-4-17(2,15)16/h5,7H,3-4,10H2,1-2H3,(H,11,13)(H,12,14)/t7-/m0/s1. The lowest BCUT2D eigenvalue weighted by Gasteiger charge is -2.10. The van der Waals surface area contributed by atoms with E-state index in [1.807, 2.05) is 0 Å². The predicted octanol–water partition coefficient (Wildman–Crippen LogP) is -0.581. The second kappa shape index (κ2) is 5.28. The van der Waals surface area contributed by atoms with Gasteiger partial charge >= 0.3 is 0 Å². The third kappa shape index (κ3) is 4.53. The number of aryl methyl sites for hydroxylation is 1. The van der Waals surface area contributed by atoms with E-state index in [1.54, 1.807) is 6.92 Å². The molecular formula is C9H16N4O3S. The molecule has 1 rings (SSSR count). The Morgan fingerprint density at radius 2 is 2.29 bits per heavy atom. The van der Waals surface area contributed by atoms with E-state index in [0.717, 1.165) is 6.26 Å². The van der Waals surface area contributed by atoms with E-state index in [2.05, 4.69) is 15.5 Å². The zero-order valence-corrected chi connectivity index (χ0v) is 10.5. The van der Waals surface area contributed by atoms with Crippen LogP contribution in [-0.2, 0) is 14.6 Å². The highest BCUT2D eigenvalue weighted by Gasteiger charge is 2.17. The number of nitrogens with one attached hydrogen (secondary N) is 2. The number of nitrogens with two attached hydrogens (primary N) is 1. The average molecular weight is 260 g/mol. The first-order chi connectivity index (χ1) is 7.79. The lowest BCUT2D eigenvalue weighted by atomic mass is 10.2. The van der Waals surface area contributed by atoms with E-state index in [1.165, 1.54) is 6.20 Å². The summed E-state index contributed by atoms with van der Waals surface area (Å²) in [6, 6.07) is -0.848. The average Bonchev–Trinajstić information content (AvgIpc) is 2.59. The van der Waals surface area contributed by atoms with E-state index in [9.17, 15) is 13.2 Å². The van der Waals surface area contributed by atoms with Gasteiger partial charge in [0.2, 0.25) is 5.91 Å². The highest BCUT2D eigenvalue weighted by molar-refractivity contribution is 7.90. The van der Waals surface area contributed by atoms with Crippen LogP contribution in [0.1, 0.15) is 12.1 Å². The lowest BCUT2D eigenvalue weighted by Crippen LogP contribution is -2.37. The van der Waals surface area contributed by atoms with E-state index in [4.69, 9.17) is 5.73 Å². The summed E-state index contributed by atoms with van der Waals surface area (Å²) in [5.74, 6) is -0.524. The number of H-pyrrole nitrogens is 1. The van der Waals surface area contributed by atoms with Crippen LogP contribution in [0.3, 0.4) is 0 Å². The first-order valence-electron chi connectivity index (χ1n) is 5.04. The summed E-state index contributed by atoms with van der Waals surface area (Å²) in [6.45, 7) is 1.75. The monoisotopic (exact) mass is 260 g/mol. The van der Waals surface area contributed by atoms with Gasteiger partial charge in [-0.05, 0) is 13.3 Å². The van der Waals surface area contributed by atoms with Gasteiger partial charge in [0, 0.05) is 6.26 Å². The molecule has 0 aromatic carbocycles. The topological polar surface area (TPSA) is 118 Å². The molecule has 0 aliphatic rings. The van der Waals surface area contributed by atoms with Gasteiger partial charge in [0.15, 0.2) is 0 Å². The Kier molecular flexibility index (Phi) is 4.24. The summed E-state index contributed by atoms with van der Waals surface area (Å²) in [5, 5.41) is 8.98. The molecule has 0 saturated heterocycles. The van der Waals surface area contributed by atoms with Gasteiger partial charge in [0.1, 0.15) is 9.84 Å². The Labute approximate surface area is 99.7 Å². The van der Waals surface area contributed by atoms with E-state index < -0.39 is 21.8 Å². The first-order valence-corrected chi connectivity index (χ1v) is 7.10. The van der Waals surface area contributed by atoms with Gasteiger partial charge in [-0.15, -0.1) is 0 Å². The first kappa shape index (κ1) is 13.7.